The van der Waals surface area contributed by atoms with Gasteiger partial charge in [0.1, 0.15) is 11.5 Å². The topological polar surface area (TPSA) is 94.2 Å². The first-order valence-electron chi connectivity index (χ1n) is 13.3. The van der Waals surface area contributed by atoms with E-state index in [0.717, 1.165) is 47.0 Å². The molecule has 6 rings (SSSR count). The third kappa shape index (κ3) is 5.16. The van der Waals surface area contributed by atoms with Crippen LogP contribution in [-0.4, -0.2) is 36.1 Å². The molecule has 39 heavy (non-hydrogen) atoms. The van der Waals surface area contributed by atoms with E-state index in [9.17, 15) is 14.0 Å². The molecule has 0 saturated heterocycles. The normalized spacial score (nSPS) is 14.1. The molecular weight excluding hydrogens is 495 g/mol. The van der Waals surface area contributed by atoms with Crippen molar-refractivity contribution in [1.82, 2.24) is 24.4 Å². The number of benzene rings is 2. The predicted molar refractivity (Wildman–Crippen MR) is 147 cm³/mol. The number of carbonyl (C=O) groups is 2. The fourth-order valence-electron chi connectivity index (χ4n) is 4.97. The van der Waals surface area contributed by atoms with Gasteiger partial charge in [0.05, 0.1) is 11.2 Å². The molecule has 0 radical (unpaired) electrons. The van der Waals surface area contributed by atoms with Crippen LogP contribution < -0.4 is 5.32 Å². The maximum absolute atomic E-state index is 13.6. The number of Topliss-reactive ketones (excluding diaryl/α,β-unsaturated/α-hetero) is 1. The zero-order valence-corrected chi connectivity index (χ0v) is 21.9. The molecule has 1 amide bonds. The number of nitrogens with one attached hydrogen (secondary N) is 1. The average Bonchev–Trinajstić information content (AvgIpc) is 3.63. The van der Waals surface area contributed by atoms with Crippen LogP contribution in [0.3, 0.4) is 0 Å². The summed E-state index contributed by atoms with van der Waals surface area (Å²) in [7, 11) is 1.83. The van der Waals surface area contributed by atoms with Crippen molar-refractivity contribution in [2.75, 3.05) is 5.32 Å². The van der Waals surface area contributed by atoms with Gasteiger partial charge in [-0.05, 0) is 67.5 Å². The van der Waals surface area contributed by atoms with Gasteiger partial charge in [0.25, 0.3) is 0 Å². The molecule has 2 aromatic carbocycles. The number of fused-ring (bicyclic) bond motifs is 2. The number of hydrogen-bond donors (Lipinski definition) is 1. The van der Waals surface area contributed by atoms with E-state index >= 15 is 0 Å². The highest BCUT2D eigenvalue weighted by Crippen LogP contribution is 2.31. The fourth-order valence-corrected chi connectivity index (χ4v) is 4.97. The lowest BCUT2D eigenvalue weighted by Gasteiger charge is -2.11. The summed E-state index contributed by atoms with van der Waals surface area (Å²) in [6.07, 6.45) is 5.50. The number of nitrogens with zero attached hydrogens (tertiary/aromatic N) is 5. The third-order valence-electron chi connectivity index (χ3n) is 7.39. The quantitative estimate of drug-likeness (QED) is 0.241. The van der Waals surface area contributed by atoms with Crippen LogP contribution in [0.25, 0.3) is 27.8 Å². The molecule has 0 unspecified atom stereocenters. The van der Waals surface area contributed by atoms with E-state index in [4.69, 9.17) is 4.98 Å². The number of aromatic nitrogens is 5. The largest absolute Gasteiger partial charge is 0.309 e. The Morgan fingerprint density at radius 3 is 2.74 bits per heavy atom. The lowest BCUT2D eigenvalue weighted by molar-refractivity contribution is -0.117. The lowest BCUT2D eigenvalue weighted by atomic mass is 9.94. The number of halogens is 1. The van der Waals surface area contributed by atoms with Gasteiger partial charge in [0.2, 0.25) is 5.91 Å². The van der Waals surface area contributed by atoms with E-state index in [1.54, 1.807) is 27.4 Å². The molecule has 0 spiro atoms. The first-order chi connectivity index (χ1) is 18.9. The molecule has 1 fully saturated rings. The summed E-state index contributed by atoms with van der Waals surface area (Å²) >= 11 is 0. The molecule has 1 aliphatic rings. The second kappa shape index (κ2) is 10.1. The standard InChI is InChI=1S/C30H29FN6O2/c1-18(20-6-4-7-22(31)15-20)5-3-8-26(38)29-23-16-21(11-12-25(23)36(2)35-29)24-13-14-37-28(32-24)17-27(34-37)33-30(39)19-9-10-19/h4,6-7,11-19H,3,5,8-10H2,1-2H3,(H,33,34,39)/t18-/m1/s1. The Bertz CT molecular complexity index is 1720. The Labute approximate surface area is 224 Å². The second-order valence-electron chi connectivity index (χ2n) is 10.4. The molecular formula is C30H29FN6O2. The maximum Gasteiger partial charge on any atom is 0.228 e. The first-order valence-corrected chi connectivity index (χ1v) is 13.3. The minimum atomic E-state index is -0.242. The molecule has 9 heteroatoms. The SMILES string of the molecule is C[C@H](CCCC(=O)c1nn(C)c2ccc(-c3ccn4nc(NC(=O)C5CC5)cc4n3)cc12)c1cccc(F)c1. The average molecular weight is 525 g/mol. The van der Waals surface area contributed by atoms with Crippen LogP contribution in [0.15, 0.2) is 60.8 Å². The Morgan fingerprint density at radius 1 is 1.10 bits per heavy atom. The minimum Gasteiger partial charge on any atom is -0.309 e. The van der Waals surface area contributed by atoms with Crippen molar-refractivity contribution >= 4 is 34.1 Å². The van der Waals surface area contributed by atoms with Crippen molar-refractivity contribution < 1.29 is 14.0 Å². The molecule has 198 valence electrons. The summed E-state index contributed by atoms with van der Waals surface area (Å²) in [5.74, 6) is 0.486. The predicted octanol–water partition coefficient (Wildman–Crippen LogP) is 5.93. The van der Waals surface area contributed by atoms with Gasteiger partial charge in [-0.25, -0.2) is 13.9 Å². The van der Waals surface area contributed by atoms with E-state index in [-0.39, 0.29) is 29.3 Å². The van der Waals surface area contributed by atoms with Gasteiger partial charge in [-0.2, -0.15) is 5.10 Å². The van der Waals surface area contributed by atoms with Crippen LogP contribution in [-0.2, 0) is 11.8 Å². The molecule has 1 aliphatic carbocycles. The molecule has 0 bridgehead atoms. The van der Waals surface area contributed by atoms with Crippen molar-refractivity contribution in [2.45, 2.75) is 44.9 Å². The van der Waals surface area contributed by atoms with Crippen LogP contribution >= 0.6 is 0 Å². The molecule has 3 heterocycles. The number of anilines is 1. The molecule has 8 nitrogen and oxygen atoms in total. The van der Waals surface area contributed by atoms with Crippen LogP contribution in [0.4, 0.5) is 10.2 Å². The molecule has 0 aliphatic heterocycles. The number of carbonyl (C=O) groups excluding carboxylic acids is 2. The van der Waals surface area contributed by atoms with E-state index in [2.05, 4.69) is 22.4 Å². The van der Waals surface area contributed by atoms with Crippen LogP contribution in [0, 0.1) is 11.7 Å². The van der Waals surface area contributed by atoms with Gasteiger partial charge >= 0.3 is 0 Å². The Kier molecular flexibility index (Phi) is 6.42. The van der Waals surface area contributed by atoms with Gasteiger partial charge < -0.3 is 5.32 Å². The van der Waals surface area contributed by atoms with Crippen molar-refractivity contribution in [3.63, 3.8) is 0 Å². The molecule has 1 saturated carbocycles. The number of rotatable bonds is 9. The Morgan fingerprint density at radius 2 is 1.95 bits per heavy atom. The molecule has 1 atom stereocenters. The highest BCUT2D eigenvalue weighted by atomic mass is 19.1. The summed E-state index contributed by atoms with van der Waals surface area (Å²) in [4.78, 5) is 30.0. The van der Waals surface area contributed by atoms with E-state index in [1.165, 1.54) is 6.07 Å². The lowest BCUT2D eigenvalue weighted by Crippen LogP contribution is -2.13. The molecule has 1 N–H and O–H groups in total. The van der Waals surface area contributed by atoms with Gasteiger partial charge in [-0.1, -0.05) is 25.1 Å². The summed E-state index contributed by atoms with van der Waals surface area (Å²) < 4.78 is 16.9. The first kappa shape index (κ1) is 24.9. The minimum absolute atomic E-state index is 0.00118. The zero-order chi connectivity index (χ0) is 27.1. The second-order valence-corrected chi connectivity index (χ2v) is 10.4. The number of aryl methyl sites for hydroxylation is 1. The Balaban J connectivity index is 1.20. The van der Waals surface area contributed by atoms with Gasteiger partial charge in [-0.3, -0.25) is 14.3 Å². The summed E-state index contributed by atoms with van der Waals surface area (Å²) in [5, 5.41) is 12.6. The number of amides is 1. The van der Waals surface area contributed by atoms with Gasteiger partial charge in [0.15, 0.2) is 17.2 Å². The summed E-state index contributed by atoms with van der Waals surface area (Å²) in [5.41, 5.74) is 4.46. The van der Waals surface area contributed by atoms with Crippen LogP contribution in [0.2, 0.25) is 0 Å². The molecule has 3 aromatic heterocycles. The van der Waals surface area contributed by atoms with Crippen molar-refractivity contribution in [3.8, 4) is 11.3 Å². The maximum atomic E-state index is 13.6. The Hall–Kier alpha value is -4.40. The van der Waals surface area contributed by atoms with Crippen LogP contribution in [0.1, 0.15) is 61.0 Å². The highest BCUT2D eigenvalue weighted by molar-refractivity contribution is 6.06. The summed E-state index contributed by atoms with van der Waals surface area (Å²) in [6, 6.07) is 16.1. The van der Waals surface area contributed by atoms with E-state index < -0.39 is 0 Å². The third-order valence-corrected chi connectivity index (χ3v) is 7.39. The van der Waals surface area contributed by atoms with Crippen molar-refractivity contribution in [1.29, 1.82) is 0 Å². The zero-order valence-electron chi connectivity index (χ0n) is 21.9. The van der Waals surface area contributed by atoms with E-state index in [0.29, 0.717) is 30.0 Å². The van der Waals surface area contributed by atoms with Gasteiger partial charge in [0, 0.05) is 42.6 Å². The van der Waals surface area contributed by atoms with E-state index in [1.807, 2.05) is 43.6 Å². The highest BCUT2D eigenvalue weighted by Gasteiger charge is 2.30. The van der Waals surface area contributed by atoms with Crippen LogP contribution in [0.5, 0.6) is 0 Å². The summed E-state index contributed by atoms with van der Waals surface area (Å²) in [6.45, 7) is 2.05. The number of hydrogen-bond acceptors (Lipinski definition) is 5. The monoisotopic (exact) mass is 524 g/mol. The fraction of sp³-hybridized carbons (Fsp3) is 0.300. The van der Waals surface area contributed by atoms with Crippen molar-refractivity contribution in [2.24, 2.45) is 13.0 Å². The van der Waals surface area contributed by atoms with Gasteiger partial charge in [-0.15, -0.1) is 5.10 Å². The molecule has 5 aromatic rings. The van der Waals surface area contributed by atoms with Crippen molar-refractivity contribution in [3.05, 3.63) is 77.9 Å². The smallest absolute Gasteiger partial charge is 0.228 e. The number of ketones is 1.